The van der Waals surface area contributed by atoms with E-state index < -0.39 is 19.1 Å². The van der Waals surface area contributed by atoms with Crippen molar-refractivity contribution in [2.75, 3.05) is 26.9 Å². The molecule has 1 N–H and O–H groups in total. The highest BCUT2D eigenvalue weighted by Crippen LogP contribution is 1.96. The van der Waals surface area contributed by atoms with Crippen molar-refractivity contribution in [3.05, 3.63) is 0 Å². The second-order valence-corrected chi connectivity index (χ2v) is 2.36. The number of methoxy groups -OCH3 is 1. The fraction of sp³-hybridized carbons (Fsp3) is 1.00. The van der Waals surface area contributed by atoms with E-state index in [0.29, 0.717) is 6.42 Å². The summed E-state index contributed by atoms with van der Waals surface area (Å²) in [7, 11) is 1.46. The van der Waals surface area contributed by atoms with Crippen molar-refractivity contribution in [1.82, 2.24) is 0 Å². The molecule has 3 nitrogen and oxygen atoms in total. The van der Waals surface area contributed by atoms with Crippen molar-refractivity contribution >= 4 is 0 Å². The minimum absolute atomic E-state index is 0.134. The number of aliphatic hydroxyl groups is 1. The van der Waals surface area contributed by atoms with Gasteiger partial charge in [-0.3, -0.25) is 0 Å². The maximum Gasteiger partial charge on any atom is 0.261 e. The Kier molecular flexibility index (Phi) is 7.23. The molecule has 0 aromatic carbocycles. The van der Waals surface area contributed by atoms with Crippen LogP contribution in [0.2, 0.25) is 0 Å². The highest BCUT2D eigenvalue weighted by Gasteiger charge is 2.05. The highest BCUT2D eigenvalue weighted by molar-refractivity contribution is 4.51. The number of hydrogen-bond donors (Lipinski definition) is 1. The van der Waals surface area contributed by atoms with Gasteiger partial charge in [0.2, 0.25) is 0 Å². The Morgan fingerprint density at radius 3 is 2.50 bits per heavy atom. The summed E-state index contributed by atoms with van der Waals surface area (Å²) in [4.78, 5) is 0. The Morgan fingerprint density at radius 1 is 1.33 bits per heavy atom. The van der Waals surface area contributed by atoms with Crippen LogP contribution in [0.25, 0.3) is 0 Å². The number of hydrogen-bond acceptors (Lipinski definition) is 3. The molecule has 0 bridgehead atoms. The van der Waals surface area contributed by atoms with Crippen LogP contribution in [0.5, 0.6) is 0 Å². The van der Waals surface area contributed by atoms with E-state index in [1.165, 1.54) is 7.11 Å². The molecule has 0 saturated heterocycles. The zero-order chi connectivity index (χ0) is 9.40. The molecule has 0 aliphatic carbocycles. The Morgan fingerprint density at radius 2 is 2.00 bits per heavy atom. The fourth-order valence-corrected chi connectivity index (χ4v) is 0.668. The van der Waals surface area contributed by atoms with Gasteiger partial charge >= 0.3 is 0 Å². The lowest BCUT2D eigenvalue weighted by molar-refractivity contribution is -0.00649. The smallest absolute Gasteiger partial charge is 0.261 e. The topological polar surface area (TPSA) is 38.7 Å². The zero-order valence-electron chi connectivity index (χ0n) is 7.00. The van der Waals surface area contributed by atoms with Gasteiger partial charge in [-0.2, -0.15) is 0 Å². The molecule has 0 aromatic heterocycles. The predicted molar refractivity (Wildman–Crippen MR) is 39.3 cm³/mol. The number of halogens is 2. The van der Waals surface area contributed by atoms with Crippen LogP contribution in [-0.2, 0) is 9.47 Å². The van der Waals surface area contributed by atoms with Crippen molar-refractivity contribution in [2.24, 2.45) is 0 Å². The normalized spacial score (nSPS) is 13.8. The Bertz CT molecular complexity index is 101. The van der Waals surface area contributed by atoms with E-state index in [9.17, 15) is 8.78 Å². The molecule has 0 aliphatic heterocycles. The van der Waals surface area contributed by atoms with Crippen LogP contribution >= 0.6 is 0 Å². The number of rotatable bonds is 7. The van der Waals surface area contributed by atoms with Gasteiger partial charge in [0.05, 0.1) is 12.7 Å². The van der Waals surface area contributed by atoms with Gasteiger partial charge in [-0.25, -0.2) is 8.78 Å². The van der Waals surface area contributed by atoms with Crippen LogP contribution in [0.3, 0.4) is 0 Å². The Hall–Kier alpha value is -0.260. The third kappa shape index (κ3) is 7.84. The van der Waals surface area contributed by atoms with Gasteiger partial charge in [0.15, 0.2) is 0 Å². The molecule has 1 unspecified atom stereocenters. The average molecular weight is 184 g/mol. The van der Waals surface area contributed by atoms with E-state index in [-0.39, 0.29) is 13.2 Å². The van der Waals surface area contributed by atoms with Gasteiger partial charge in [-0.15, -0.1) is 0 Å². The number of alkyl halides is 2. The molecular formula is C7H14F2O3. The lowest BCUT2D eigenvalue weighted by atomic mass is 10.3. The van der Waals surface area contributed by atoms with Gasteiger partial charge in [-0.1, -0.05) is 0 Å². The first-order valence-corrected chi connectivity index (χ1v) is 3.69. The van der Waals surface area contributed by atoms with E-state index in [1.807, 2.05) is 0 Å². The third-order valence-corrected chi connectivity index (χ3v) is 1.20. The average Bonchev–Trinajstić information content (AvgIpc) is 1.98. The molecule has 0 rings (SSSR count). The largest absolute Gasteiger partial charge is 0.391 e. The van der Waals surface area contributed by atoms with Gasteiger partial charge in [0, 0.05) is 13.7 Å². The first-order valence-electron chi connectivity index (χ1n) is 3.69. The second kappa shape index (κ2) is 7.39. The van der Waals surface area contributed by atoms with Crippen LogP contribution < -0.4 is 0 Å². The van der Waals surface area contributed by atoms with E-state index in [0.717, 1.165) is 0 Å². The van der Waals surface area contributed by atoms with Crippen LogP contribution in [0.4, 0.5) is 8.78 Å². The summed E-state index contributed by atoms with van der Waals surface area (Å²) in [6.07, 6.45) is -2.75. The van der Waals surface area contributed by atoms with E-state index >= 15 is 0 Å². The molecule has 0 aliphatic rings. The SMILES string of the molecule is COCC(O)CCOCC(F)F. The predicted octanol–water partition coefficient (Wildman–Crippen LogP) is 0.666. The lowest BCUT2D eigenvalue weighted by Crippen LogP contribution is -2.17. The summed E-state index contributed by atoms with van der Waals surface area (Å²) in [5.41, 5.74) is 0. The molecule has 0 fully saturated rings. The minimum Gasteiger partial charge on any atom is -0.391 e. The maximum atomic E-state index is 11.5. The lowest BCUT2D eigenvalue weighted by Gasteiger charge is -2.08. The van der Waals surface area contributed by atoms with Crippen molar-refractivity contribution < 1.29 is 23.4 Å². The quantitative estimate of drug-likeness (QED) is 0.591. The first-order chi connectivity index (χ1) is 5.66. The van der Waals surface area contributed by atoms with Crippen LogP contribution in [0.1, 0.15) is 6.42 Å². The third-order valence-electron chi connectivity index (χ3n) is 1.20. The molecule has 0 amide bonds. The Labute approximate surface area is 70.3 Å². The molecule has 1 atom stereocenters. The number of aliphatic hydroxyl groups excluding tert-OH is 1. The first kappa shape index (κ1) is 11.7. The second-order valence-electron chi connectivity index (χ2n) is 2.36. The summed E-state index contributed by atoms with van der Waals surface area (Å²) in [6, 6.07) is 0. The number of ether oxygens (including phenoxy) is 2. The van der Waals surface area contributed by atoms with E-state index in [2.05, 4.69) is 9.47 Å². The molecule has 12 heavy (non-hydrogen) atoms. The van der Waals surface area contributed by atoms with Crippen molar-refractivity contribution in [2.45, 2.75) is 19.0 Å². The van der Waals surface area contributed by atoms with Crippen molar-refractivity contribution in [3.8, 4) is 0 Å². The molecule has 0 spiro atoms. The van der Waals surface area contributed by atoms with Crippen LogP contribution in [0, 0.1) is 0 Å². The van der Waals surface area contributed by atoms with Crippen LogP contribution in [0.15, 0.2) is 0 Å². The summed E-state index contributed by atoms with van der Waals surface area (Å²) in [5.74, 6) is 0. The summed E-state index contributed by atoms with van der Waals surface area (Å²) in [5, 5.41) is 9.02. The monoisotopic (exact) mass is 184 g/mol. The standard InChI is InChI=1S/C7H14F2O3/c1-11-4-6(10)2-3-12-5-7(8)9/h6-7,10H,2-5H2,1H3. The van der Waals surface area contributed by atoms with Gasteiger partial charge in [0.25, 0.3) is 6.43 Å². The molecule has 0 radical (unpaired) electrons. The summed E-state index contributed by atoms with van der Waals surface area (Å²) >= 11 is 0. The molecular weight excluding hydrogens is 170 g/mol. The van der Waals surface area contributed by atoms with E-state index in [4.69, 9.17) is 5.11 Å². The fourth-order valence-electron chi connectivity index (χ4n) is 0.668. The molecule has 0 aromatic rings. The molecule has 5 heteroatoms. The van der Waals surface area contributed by atoms with Gasteiger partial charge in [-0.05, 0) is 6.42 Å². The molecule has 74 valence electrons. The van der Waals surface area contributed by atoms with Crippen LogP contribution in [-0.4, -0.2) is 44.6 Å². The van der Waals surface area contributed by atoms with Gasteiger partial charge < -0.3 is 14.6 Å². The molecule has 0 saturated carbocycles. The van der Waals surface area contributed by atoms with Gasteiger partial charge in [0.1, 0.15) is 6.61 Å². The zero-order valence-corrected chi connectivity index (χ0v) is 7.00. The maximum absolute atomic E-state index is 11.5. The Balaban J connectivity index is 3.08. The van der Waals surface area contributed by atoms with E-state index in [1.54, 1.807) is 0 Å². The highest BCUT2D eigenvalue weighted by atomic mass is 19.3. The van der Waals surface area contributed by atoms with Crippen molar-refractivity contribution in [3.63, 3.8) is 0 Å². The summed E-state index contributed by atoms with van der Waals surface area (Å²) in [6.45, 7) is -0.230. The van der Waals surface area contributed by atoms with Crippen molar-refractivity contribution in [1.29, 1.82) is 0 Å². The molecule has 0 heterocycles. The minimum atomic E-state index is -2.44. The summed E-state index contributed by atoms with van der Waals surface area (Å²) < 4.78 is 32.2.